The Balaban J connectivity index is 2.59. The number of pyridine rings is 1. The lowest BCUT2D eigenvalue weighted by Gasteiger charge is -2.09. The summed E-state index contributed by atoms with van der Waals surface area (Å²) in [5.41, 5.74) is 1.58. The molecule has 0 aliphatic rings. The number of halogens is 1. The average molecular weight is 280 g/mol. The van der Waals surface area contributed by atoms with Gasteiger partial charge in [-0.3, -0.25) is 0 Å². The number of aromatic nitrogens is 3. The number of hydrogen-bond acceptors (Lipinski definition) is 3. The molecule has 2 aromatic rings. The summed E-state index contributed by atoms with van der Waals surface area (Å²) in [5.74, 6) is -0.399. The van der Waals surface area contributed by atoms with Gasteiger partial charge >= 0.3 is 5.97 Å². The molecule has 2 heterocycles. The summed E-state index contributed by atoms with van der Waals surface area (Å²) < 4.78 is 1.50. The summed E-state index contributed by atoms with van der Waals surface area (Å²) in [4.78, 5) is 15.6. The van der Waals surface area contributed by atoms with E-state index in [1.165, 1.54) is 10.7 Å². The predicted octanol–water partition coefficient (Wildman–Crippen LogP) is 3.05. The second-order valence-electron chi connectivity index (χ2n) is 4.61. The highest BCUT2D eigenvalue weighted by Gasteiger charge is 2.13. The first-order valence-electron chi connectivity index (χ1n) is 5.86. The number of rotatable bonds is 3. The van der Waals surface area contributed by atoms with Crippen molar-refractivity contribution < 1.29 is 9.90 Å². The smallest absolute Gasteiger partial charge is 0.335 e. The van der Waals surface area contributed by atoms with Crippen molar-refractivity contribution in [2.24, 2.45) is 0 Å². The van der Waals surface area contributed by atoms with Crippen molar-refractivity contribution in [2.45, 2.75) is 26.7 Å². The van der Waals surface area contributed by atoms with Gasteiger partial charge in [-0.05, 0) is 25.0 Å². The van der Waals surface area contributed by atoms with E-state index in [1.807, 2.05) is 13.8 Å². The topological polar surface area (TPSA) is 68.0 Å². The van der Waals surface area contributed by atoms with Crippen molar-refractivity contribution in [3.05, 3.63) is 40.3 Å². The van der Waals surface area contributed by atoms with Crippen molar-refractivity contribution in [1.82, 2.24) is 14.8 Å². The second-order valence-corrected chi connectivity index (χ2v) is 5.01. The molecule has 0 aromatic carbocycles. The molecule has 2 aromatic heterocycles. The SMILES string of the molecule is Cc1nn(-c2cc(C(=O)O)cc(C(C)C)n2)cc1Cl. The molecule has 0 spiro atoms. The third-order valence-corrected chi connectivity index (χ3v) is 3.11. The van der Waals surface area contributed by atoms with Crippen LogP contribution in [0.2, 0.25) is 5.02 Å². The van der Waals surface area contributed by atoms with Gasteiger partial charge in [-0.1, -0.05) is 25.4 Å². The van der Waals surface area contributed by atoms with Crippen LogP contribution in [0.25, 0.3) is 5.82 Å². The molecular weight excluding hydrogens is 266 g/mol. The van der Waals surface area contributed by atoms with E-state index in [1.54, 1.807) is 19.2 Å². The number of carboxylic acid groups (broad SMARTS) is 1. The van der Waals surface area contributed by atoms with E-state index in [4.69, 9.17) is 16.7 Å². The molecule has 0 aliphatic carbocycles. The third kappa shape index (κ3) is 2.76. The molecule has 0 aliphatic heterocycles. The Morgan fingerprint density at radius 2 is 2.11 bits per heavy atom. The molecule has 0 bridgehead atoms. The van der Waals surface area contributed by atoms with Gasteiger partial charge < -0.3 is 5.11 Å². The Hall–Kier alpha value is -1.88. The first kappa shape index (κ1) is 13.5. The number of aryl methyl sites for hydroxylation is 1. The van der Waals surface area contributed by atoms with E-state index >= 15 is 0 Å². The Bertz CT molecular complexity index is 615. The molecule has 0 unspecified atom stereocenters. The van der Waals surface area contributed by atoms with Gasteiger partial charge in [0.2, 0.25) is 0 Å². The molecule has 0 saturated carbocycles. The summed E-state index contributed by atoms with van der Waals surface area (Å²) in [6, 6.07) is 3.06. The van der Waals surface area contributed by atoms with Crippen LogP contribution in [0.5, 0.6) is 0 Å². The monoisotopic (exact) mass is 279 g/mol. The minimum absolute atomic E-state index is 0.130. The lowest BCUT2D eigenvalue weighted by molar-refractivity contribution is 0.0696. The van der Waals surface area contributed by atoms with Crippen LogP contribution in [-0.4, -0.2) is 25.8 Å². The molecular formula is C13H14ClN3O2. The summed E-state index contributed by atoms with van der Waals surface area (Å²) in [7, 11) is 0. The maximum Gasteiger partial charge on any atom is 0.335 e. The molecule has 0 amide bonds. The number of aromatic carboxylic acids is 1. The summed E-state index contributed by atoms with van der Waals surface area (Å²) >= 11 is 5.96. The summed E-state index contributed by atoms with van der Waals surface area (Å²) in [6.45, 7) is 5.70. The maximum atomic E-state index is 11.1. The fourth-order valence-corrected chi connectivity index (χ4v) is 1.76. The first-order valence-corrected chi connectivity index (χ1v) is 6.23. The fourth-order valence-electron chi connectivity index (χ4n) is 1.63. The molecule has 6 heteroatoms. The van der Waals surface area contributed by atoms with Crippen molar-refractivity contribution in [2.75, 3.05) is 0 Å². The van der Waals surface area contributed by atoms with Crippen LogP contribution in [0, 0.1) is 6.92 Å². The molecule has 5 nitrogen and oxygen atoms in total. The van der Waals surface area contributed by atoms with Crippen LogP contribution in [0.15, 0.2) is 18.3 Å². The van der Waals surface area contributed by atoms with Gasteiger partial charge in [0.05, 0.1) is 22.5 Å². The highest BCUT2D eigenvalue weighted by atomic mass is 35.5. The van der Waals surface area contributed by atoms with Gasteiger partial charge in [-0.2, -0.15) is 5.10 Å². The lowest BCUT2D eigenvalue weighted by Crippen LogP contribution is -2.07. The molecule has 0 fully saturated rings. The molecule has 2 rings (SSSR count). The lowest BCUT2D eigenvalue weighted by atomic mass is 10.1. The molecule has 0 radical (unpaired) electrons. The van der Waals surface area contributed by atoms with E-state index < -0.39 is 5.97 Å². The standard InChI is InChI=1S/C13H14ClN3O2/c1-7(2)11-4-9(13(18)19)5-12(15-11)17-6-10(14)8(3)16-17/h4-7H,1-3H3,(H,18,19). The van der Waals surface area contributed by atoms with E-state index in [9.17, 15) is 4.79 Å². The Morgan fingerprint density at radius 1 is 1.42 bits per heavy atom. The van der Waals surface area contributed by atoms with E-state index in [2.05, 4.69) is 10.1 Å². The van der Waals surface area contributed by atoms with Gasteiger partial charge in [0.15, 0.2) is 5.82 Å². The molecule has 0 atom stereocenters. The highest BCUT2D eigenvalue weighted by molar-refractivity contribution is 6.31. The maximum absolute atomic E-state index is 11.1. The molecule has 100 valence electrons. The average Bonchev–Trinajstić information content (AvgIpc) is 2.69. The number of hydrogen-bond donors (Lipinski definition) is 1. The zero-order valence-electron chi connectivity index (χ0n) is 10.9. The van der Waals surface area contributed by atoms with Crippen molar-refractivity contribution >= 4 is 17.6 Å². The second kappa shape index (κ2) is 5.01. The highest BCUT2D eigenvalue weighted by Crippen LogP contribution is 2.19. The van der Waals surface area contributed by atoms with Crippen LogP contribution in [0.4, 0.5) is 0 Å². The summed E-state index contributed by atoms with van der Waals surface area (Å²) in [6.07, 6.45) is 1.62. The van der Waals surface area contributed by atoms with Gasteiger partial charge in [-0.15, -0.1) is 0 Å². The van der Waals surface area contributed by atoms with Gasteiger partial charge in [0.1, 0.15) is 0 Å². The molecule has 19 heavy (non-hydrogen) atoms. The van der Waals surface area contributed by atoms with Crippen LogP contribution in [0.3, 0.4) is 0 Å². The van der Waals surface area contributed by atoms with Crippen LogP contribution >= 0.6 is 11.6 Å². The van der Waals surface area contributed by atoms with Crippen molar-refractivity contribution in [1.29, 1.82) is 0 Å². The van der Waals surface area contributed by atoms with Crippen molar-refractivity contribution in [3.8, 4) is 5.82 Å². The minimum atomic E-state index is -0.986. The normalized spacial score (nSPS) is 11.0. The number of carboxylic acids is 1. The van der Waals surface area contributed by atoms with Gasteiger partial charge in [-0.25, -0.2) is 14.5 Å². The quantitative estimate of drug-likeness (QED) is 0.937. The Morgan fingerprint density at radius 3 is 2.58 bits per heavy atom. The predicted molar refractivity (Wildman–Crippen MR) is 72.2 cm³/mol. The van der Waals surface area contributed by atoms with Crippen LogP contribution in [-0.2, 0) is 0 Å². The fraction of sp³-hybridized carbons (Fsp3) is 0.308. The Labute approximate surface area is 115 Å². The zero-order valence-corrected chi connectivity index (χ0v) is 11.6. The zero-order chi connectivity index (χ0) is 14.2. The minimum Gasteiger partial charge on any atom is -0.478 e. The molecule has 0 saturated heterocycles. The van der Waals surface area contributed by atoms with E-state index in [-0.39, 0.29) is 11.5 Å². The third-order valence-electron chi connectivity index (χ3n) is 2.74. The van der Waals surface area contributed by atoms with Crippen LogP contribution in [0.1, 0.15) is 41.5 Å². The molecule has 1 N–H and O–H groups in total. The van der Waals surface area contributed by atoms with Gasteiger partial charge in [0, 0.05) is 5.69 Å². The first-order chi connectivity index (χ1) is 8.88. The van der Waals surface area contributed by atoms with E-state index in [0.29, 0.717) is 22.2 Å². The van der Waals surface area contributed by atoms with E-state index in [0.717, 1.165) is 0 Å². The largest absolute Gasteiger partial charge is 0.478 e. The number of carbonyl (C=O) groups is 1. The van der Waals surface area contributed by atoms with Gasteiger partial charge in [0.25, 0.3) is 0 Å². The summed E-state index contributed by atoms with van der Waals surface area (Å²) in [5, 5.41) is 13.9. The van der Waals surface area contributed by atoms with Crippen molar-refractivity contribution in [3.63, 3.8) is 0 Å². The van der Waals surface area contributed by atoms with Crippen LogP contribution < -0.4 is 0 Å². The Kier molecular flexibility index (Phi) is 3.57. The number of nitrogens with zero attached hydrogens (tertiary/aromatic N) is 3.